The molecule has 84 heavy (non-hydrogen) atoms. The quantitative estimate of drug-likeness (QED) is 0.101. The Morgan fingerprint density at radius 3 is 1.42 bits per heavy atom. The molecule has 4 fully saturated rings. The summed E-state index contributed by atoms with van der Waals surface area (Å²) >= 11 is 2.16. The van der Waals surface area contributed by atoms with Gasteiger partial charge in [0.05, 0.1) is 54.4 Å². The number of aromatic nitrogens is 7. The van der Waals surface area contributed by atoms with Gasteiger partial charge in [-0.1, -0.05) is 48.5 Å². The van der Waals surface area contributed by atoms with E-state index in [1.54, 1.807) is 41.4 Å². The van der Waals surface area contributed by atoms with E-state index in [1.165, 1.54) is 55.3 Å². The average molecular weight is 1150 g/mol. The SMILES string of the molecule is CC(=O)c1cc(-c2ccc(F)cc2)c2ccc(CN3CCOCC3)cc2n1.CC(=O)c1cc(-c2cnn(C)c2)c2ccc(CN3CCSC(C4CC4)C3)cc2n1.CC(=O)c1cc(-c2cnn(C)c2)c2ccc(CN3C[C@@H](C)O[C@@H](C)C3)cc2n1. The Bertz CT molecular complexity index is 3860. The van der Waals surface area contributed by atoms with E-state index in [-0.39, 0.29) is 35.4 Å². The topological polar surface area (TPSA) is 154 Å². The van der Waals surface area contributed by atoms with Crippen LogP contribution in [0.15, 0.2) is 122 Å². The smallest absolute Gasteiger partial charge is 0.178 e. The summed E-state index contributed by atoms with van der Waals surface area (Å²) in [5, 5.41) is 12.4. The van der Waals surface area contributed by atoms with Gasteiger partial charge in [-0.15, -0.1) is 0 Å². The summed E-state index contributed by atoms with van der Waals surface area (Å²) in [7, 11) is 3.80. The summed E-state index contributed by atoms with van der Waals surface area (Å²) in [6, 6.07) is 31.0. The Balaban J connectivity index is 0.000000132. The summed E-state index contributed by atoms with van der Waals surface area (Å²) < 4.78 is 28.1. The van der Waals surface area contributed by atoms with Crippen LogP contribution in [0.5, 0.6) is 0 Å². The lowest BCUT2D eigenvalue weighted by atomic mass is 9.98. The van der Waals surface area contributed by atoms with Crippen LogP contribution in [0.4, 0.5) is 4.39 Å². The van der Waals surface area contributed by atoms with E-state index in [9.17, 15) is 18.8 Å². The number of morpholine rings is 2. The van der Waals surface area contributed by atoms with E-state index < -0.39 is 0 Å². The second kappa shape index (κ2) is 25.9. The maximum atomic E-state index is 13.3. The molecule has 0 bridgehead atoms. The molecule has 5 aromatic heterocycles. The number of carbonyl (C=O) groups excluding carboxylic acids is 3. The highest BCUT2D eigenvalue weighted by molar-refractivity contribution is 8.00. The fourth-order valence-corrected chi connectivity index (χ4v) is 13.2. The van der Waals surface area contributed by atoms with E-state index in [0.29, 0.717) is 17.1 Å². The molecular formula is C67H73FN10O5S. The summed E-state index contributed by atoms with van der Waals surface area (Å²) in [4.78, 5) is 57.3. The van der Waals surface area contributed by atoms with Gasteiger partial charge in [0, 0.05) is 144 Å². The van der Waals surface area contributed by atoms with Gasteiger partial charge in [0.2, 0.25) is 0 Å². The molecule has 3 saturated heterocycles. The fourth-order valence-electron chi connectivity index (χ4n) is 11.7. The zero-order valence-electron chi connectivity index (χ0n) is 49.1. The monoisotopic (exact) mass is 1150 g/mol. The first-order chi connectivity index (χ1) is 40.5. The highest BCUT2D eigenvalue weighted by atomic mass is 32.2. The molecule has 1 unspecified atom stereocenters. The van der Waals surface area contributed by atoms with Crippen molar-refractivity contribution in [2.45, 2.75) is 84.6 Å². The molecule has 4 aromatic carbocycles. The molecule has 17 heteroatoms. The summed E-state index contributed by atoms with van der Waals surface area (Å²) in [6.07, 6.45) is 10.9. The van der Waals surface area contributed by atoms with Crippen molar-refractivity contribution in [1.29, 1.82) is 0 Å². The number of rotatable bonds is 13. The molecule has 0 spiro atoms. The van der Waals surface area contributed by atoms with Gasteiger partial charge in [-0.25, -0.2) is 19.3 Å². The first kappa shape index (κ1) is 58.4. The lowest BCUT2D eigenvalue weighted by Gasteiger charge is -2.35. The van der Waals surface area contributed by atoms with Crippen LogP contribution in [0, 0.1) is 11.7 Å². The van der Waals surface area contributed by atoms with E-state index in [4.69, 9.17) is 9.47 Å². The normalized spacial score (nSPS) is 18.7. The number of Topliss-reactive ketones (excluding diaryl/α,β-unsaturated/α-hetero) is 3. The third-order valence-electron chi connectivity index (χ3n) is 16.0. The minimum Gasteiger partial charge on any atom is -0.379 e. The van der Waals surface area contributed by atoms with Crippen molar-refractivity contribution in [3.8, 4) is 33.4 Å². The van der Waals surface area contributed by atoms with Gasteiger partial charge >= 0.3 is 0 Å². The van der Waals surface area contributed by atoms with E-state index >= 15 is 0 Å². The third kappa shape index (κ3) is 14.2. The molecule has 15 nitrogen and oxygen atoms in total. The number of hydrogen-bond donors (Lipinski definition) is 0. The van der Waals surface area contributed by atoms with Crippen molar-refractivity contribution in [2.75, 3.05) is 58.2 Å². The molecule has 8 heterocycles. The van der Waals surface area contributed by atoms with Gasteiger partial charge in [-0.3, -0.25) is 38.4 Å². The standard InChI is InChI=1S/C23H26N4OS.C22H21FN2O2.C22H26N4O2/c1-15(28)21-10-20(18-11-24-26(2)13-18)19-6-3-16(9-22(19)25-21)12-27-7-8-29-23(14-27)17-4-5-17;1-15(26)21-13-20(17-3-5-18(23)6-4-17)19-7-2-16(12-22(19)24-21)14-25-8-10-27-11-9-25;1-14-10-26(11-15(2)28-14)12-17-5-6-19-20(18-9-23-25(4)13-18)8-21(16(3)27)24-22(19)7-17/h3,6,9-11,13,17,23H,4-5,7-8,12,14H2,1-2H3;2-7,12-13H,8-11,14H2,1H3;5-9,13-15H,10-12H2,1-4H3/t;;14-,15+. The fraction of sp³-hybridized carbons (Fsp3) is 0.373. The Hall–Kier alpha value is -7.38. The number of hydrogen-bond acceptors (Lipinski definition) is 14. The number of carbonyl (C=O) groups is 3. The second-order valence-electron chi connectivity index (χ2n) is 23.0. The number of aryl methyl sites for hydroxylation is 2. The molecule has 3 atom stereocenters. The first-order valence-electron chi connectivity index (χ1n) is 29.2. The van der Waals surface area contributed by atoms with Crippen molar-refractivity contribution in [1.82, 2.24) is 49.2 Å². The van der Waals surface area contributed by atoms with Gasteiger partial charge < -0.3 is 9.47 Å². The lowest BCUT2D eigenvalue weighted by Crippen LogP contribution is -2.44. The maximum Gasteiger partial charge on any atom is 0.178 e. The number of benzene rings is 4. The Morgan fingerprint density at radius 1 is 0.548 bits per heavy atom. The molecule has 9 aromatic rings. The minimum absolute atomic E-state index is 0.0113. The number of nitrogens with zero attached hydrogens (tertiary/aromatic N) is 10. The van der Waals surface area contributed by atoms with Gasteiger partial charge in [0.1, 0.15) is 22.9 Å². The number of ether oxygens (including phenoxy) is 2. The zero-order chi connectivity index (χ0) is 58.6. The largest absolute Gasteiger partial charge is 0.379 e. The van der Waals surface area contributed by atoms with Crippen LogP contribution in [0.3, 0.4) is 0 Å². The van der Waals surface area contributed by atoms with Gasteiger partial charge in [0.25, 0.3) is 0 Å². The summed E-state index contributed by atoms with van der Waals surface area (Å²) in [5.41, 5.74) is 13.3. The van der Waals surface area contributed by atoms with Crippen LogP contribution in [0.25, 0.3) is 66.1 Å². The summed E-state index contributed by atoms with van der Waals surface area (Å²) in [5.74, 6) is 1.76. The van der Waals surface area contributed by atoms with Crippen LogP contribution in [-0.4, -0.2) is 142 Å². The molecule has 0 radical (unpaired) electrons. The molecule has 1 aliphatic carbocycles. The van der Waals surface area contributed by atoms with E-state index in [0.717, 1.165) is 148 Å². The number of thioether (sulfide) groups is 1. The molecule has 434 valence electrons. The molecule has 0 amide bonds. The minimum atomic E-state index is -0.281. The Kier molecular flexibility index (Phi) is 18.0. The van der Waals surface area contributed by atoms with Gasteiger partial charge in [0.15, 0.2) is 17.3 Å². The summed E-state index contributed by atoms with van der Waals surface area (Å²) in [6.45, 7) is 19.0. The van der Waals surface area contributed by atoms with Gasteiger partial charge in [-0.05, 0) is 120 Å². The van der Waals surface area contributed by atoms with E-state index in [2.05, 4.69) is 108 Å². The predicted molar refractivity (Wildman–Crippen MR) is 331 cm³/mol. The first-order valence-corrected chi connectivity index (χ1v) is 30.2. The van der Waals surface area contributed by atoms with Crippen molar-refractivity contribution in [3.63, 3.8) is 0 Å². The highest BCUT2D eigenvalue weighted by Gasteiger charge is 2.35. The van der Waals surface area contributed by atoms with Gasteiger partial charge in [-0.2, -0.15) is 22.0 Å². The molecule has 3 aliphatic heterocycles. The zero-order valence-corrected chi connectivity index (χ0v) is 49.9. The molecule has 1 saturated carbocycles. The van der Waals surface area contributed by atoms with Crippen molar-refractivity contribution in [2.24, 2.45) is 20.0 Å². The lowest BCUT2D eigenvalue weighted by molar-refractivity contribution is -0.0704. The molecule has 13 rings (SSSR count). The number of halogens is 1. The van der Waals surface area contributed by atoms with Crippen LogP contribution in [-0.2, 0) is 43.2 Å². The van der Waals surface area contributed by atoms with Crippen LogP contribution >= 0.6 is 11.8 Å². The Morgan fingerprint density at radius 2 is 0.988 bits per heavy atom. The molecule has 4 aliphatic rings. The Labute approximate surface area is 494 Å². The highest BCUT2D eigenvalue weighted by Crippen LogP contribution is 2.41. The molecule has 0 N–H and O–H groups in total. The number of pyridine rings is 3. The van der Waals surface area contributed by atoms with E-state index in [1.807, 2.05) is 63.1 Å². The van der Waals surface area contributed by atoms with Crippen molar-refractivity contribution in [3.05, 3.63) is 161 Å². The third-order valence-corrected chi connectivity index (χ3v) is 17.4. The number of fused-ring (bicyclic) bond motifs is 3. The van der Waals surface area contributed by atoms with Crippen LogP contribution in [0.2, 0.25) is 0 Å². The van der Waals surface area contributed by atoms with Crippen molar-refractivity contribution < 1.29 is 28.2 Å². The second-order valence-corrected chi connectivity index (χ2v) is 24.4. The average Bonchev–Trinajstić information content (AvgIpc) is 3.57. The predicted octanol–water partition coefficient (Wildman–Crippen LogP) is 11.7. The maximum absolute atomic E-state index is 13.3. The van der Waals surface area contributed by atoms with Crippen LogP contribution < -0.4 is 0 Å². The number of ketones is 3. The van der Waals surface area contributed by atoms with Crippen molar-refractivity contribution >= 4 is 61.8 Å². The molecular weight excluding hydrogens is 1080 g/mol. The van der Waals surface area contributed by atoms with Crippen LogP contribution in [0.1, 0.15) is 95.6 Å².